The molecule has 3 rings (SSSR count). The lowest BCUT2D eigenvalue weighted by molar-refractivity contribution is -0.137. The van der Waals surface area contributed by atoms with Gasteiger partial charge in [0.2, 0.25) is 0 Å². The van der Waals surface area contributed by atoms with Crippen LogP contribution in [0, 0.1) is 0 Å². The molecule has 0 spiro atoms. The molecule has 158 valence electrons. The van der Waals surface area contributed by atoms with Crippen molar-refractivity contribution in [2.45, 2.75) is 31.2 Å². The summed E-state index contributed by atoms with van der Waals surface area (Å²) in [6, 6.07) is 15.6. The molecule has 8 heteroatoms. The number of nitrogens with zero attached hydrogens (tertiary/aromatic N) is 1. The van der Waals surface area contributed by atoms with Gasteiger partial charge in [-0.05, 0) is 35.1 Å². The molecule has 0 heterocycles. The van der Waals surface area contributed by atoms with Crippen LogP contribution in [0.15, 0.2) is 53.5 Å². The third kappa shape index (κ3) is 5.28. The van der Waals surface area contributed by atoms with E-state index in [1.54, 1.807) is 0 Å². The molecule has 2 aromatic rings. The Bertz CT molecular complexity index is 895. The second-order valence-electron chi connectivity index (χ2n) is 7.21. The molecule has 6 N–H and O–H groups in total. The minimum absolute atomic E-state index is 0.0192. The Kier molecular flexibility index (Phi) is 6.90. The fourth-order valence-electron chi connectivity index (χ4n) is 3.79. The molecule has 0 radical (unpaired) electrons. The maximum atomic E-state index is 12.4. The monoisotopic (exact) mass is 410 g/mol. The number of benzene rings is 2. The molecule has 0 saturated carbocycles. The first-order valence-corrected chi connectivity index (χ1v) is 9.84. The molecule has 0 unspecified atom stereocenters. The SMILES string of the molecule is NC(N)=NCCC[C@@H](CC(=O)O)NC(=O)OCC1c2ccccc2-c2ccccc21. The number of alkyl carbamates (subject to hydrolysis) is 1. The van der Waals surface area contributed by atoms with E-state index >= 15 is 0 Å². The zero-order valence-electron chi connectivity index (χ0n) is 16.6. The van der Waals surface area contributed by atoms with E-state index in [4.69, 9.17) is 21.3 Å². The van der Waals surface area contributed by atoms with E-state index in [0.717, 1.165) is 22.3 Å². The van der Waals surface area contributed by atoms with E-state index in [-0.39, 0.29) is 24.9 Å². The van der Waals surface area contributed by atoms with E-state index in [2.05, 4.69) is 22.4 Å². The Hall–Kier alpha value is -3.55. The number of carboxylic acids is 1. The predicted octanol–water partition coefficient (Wildman–Crippen LogP) is 2.42. The number of amides is 1. The zero-order chi connectivity index (χ0) is 21.5. The van der Waals surface area contributed by atoms with E-state index in [0.29, 0.717) is 19.4 Å². The number of ether oxygens (including phenoxy) is 1. The highest BCUT2D eigenvalue weighted by atomic mass is 16.5. The zero-order valence-corrected chi connectivity index (χ0v) is 16.6. The molecular formula is C22H26N4O4. The number of nitrogens with two attached hydrogens (primary N) is 2. The number of aliphatic carboxylic acids is 1. The van der Waals surface area contributed by atoms with Gasteiger partial charge >= 0.3 is 12.1 Å². The van der Waals surface area contributed by atoms with Crippen molar-refractivity contribution in [1.82, 2.24) is 5.32 Å². The van der Waals surface area contributed by atoms with Gasteiger partial charge in [-0.25, -0.2) is 4.79 Å². The summed E-state index contributed by atoms with van der Waals surface area (Å²) in [7, 11) is 0. The Balaban J connectivity index is 1.60. The fourth-order valence-corrected chi connectivity index (χ4v) is 3.79. The maximum absolute atomic E-state index is 12.4. The third-order valence-electron chi connectivity index (χ3n) is 5.09. The van der Waals surface area contributed by atoms with Gasteiger partial charge in [-0.2, -0.15) is 0 Å². The number of carbonyl (C=O) groups is 2. The lowest BCUT2D eigenvalue weighted by atomic mass is 9.98. The number of carboxylic acid groups (broad SMARTS) is 1. The van der Waals surface area contributed by atoms with Gasteiger partial charge in [0, 0.05) is 18.5 Å². The molecule has 0 saturated heterocycles. The Morgan fingerprint density at radius 1 is 1.07 bits per heavy atom. The van der Waals surface area contributed by atoms with Crippen molar-refractivity contribution in [2.24, 2.45) is 16.5 Å². The number of hydrogen-bond acceptors (Lipinski definition) is 4. The van der Waals surface area contributed by atoms with Gasteiger partial charge in [0.25, 0.3) is 0 Å². The van der Waals surface area contributed by atoms with Crippen LogP contribution in [0.5, 0.6) is 0 Å². The average Bonchev–Trinajstić information content (AvgIpc) is 3.03. The van der Waals surface area contributed by atoms with E-state index in [9.17, 15) is 9.59 Å². The normalized spacial score (nSPS) is 13.1. The summed E-state index contributed by atoms with van der Waals surface area (Å²) in [5.74, 6) is -1.07. The molecule has 0 fully saturated rings. The van der Waals surface area contributed by atoms with Crippen LogP contribution in [-0.4, -0.2) is 42.3 Å². The predicted molar refractivity (Wildman–Crippen MR) is 114 cm³/mol. The first kappa shape index (κ1) is 21.2. The number of guanidine groups is 1. The number of hydrogen-bond donors (Lipinski definition) is 4. The third-order valence-corrected chi connectivity index (χ3v) is 5.09. The first-order chi connectivity index (χ1) is 14.5. The molecular weight excluding hydrogens is 384 g/mol. The lowest BCUT2D eigenvalue weighted by Gasteiger charge is -2.18. The molecule has 1 aliphatic carbocycles. The highest BCUT2D eigenvalue weighted by Crippen LogP contribution is 2.44. The number of rotatable bonds is 9. The molecule has 1 atom stereocenters. The van der Waals surface area contributed by atoms with Gasteiger partial charge in [0.1, 0.15) is 6.61 Å². The quantitative estimate of drug-likeness (QED) is 0.284. The number of carbonyl (C=O) groups excluding carboxylic acids is 1. The van der Waals surface area contributed by atoms with Gasteiger partial charge in [0.15, 0.2) is 5.96 Å². The minimum Gasteiger partial charge on any atom is -0.481 e. The van der Waals surface area contributed by atoms with Crippen molar-refractivity contribution < 1.29 is 19.4 Å². The van der Waals surface area contributed by atoms with Gasteiger partial charge in [-0.15, -0.1) is 0 Å². The van der Waals surface area contributed by atoms with E-state index in [1.165, 1.54) is 0 Å². The van der Waals surface area contributed by atoms with E-state index < -0.39 is 18.1 Å². The van der Waals surface area contributed by atoms with Crippen molar-refractivity contribution in [3.8, 4) is 11.1 Å². The van der Waals surface area contributed by atoms with Crippen LogP contribution >= 0.6 is 0 Å². The average molecular weight is 410 g/mol. The number of nitrogens with one attached hydrogen (secondary N) is 1. The summed E-state index contributed by atoms with van der Waals surface area (Å²) in [6.45, 7) is 0.540. The summed E-state index contributed by atoms with van der Waals surface area (Å²) < 4.78 is 5.49. The molecule has 0 aromatic heterocycles. The Labute approximate surface area is 174 Å². The summed E-state index contributed by atoms with van der Waals surface area (Å²) in [5, 5.41) is 11.8. The Morgan fingerprint density at radius 3 is 2.23 bits per heavy atom. The van der Waals surface area contributed by atoms with Crippen molar-refractivity contribution in [3.63, 3.8) is 0 Å². The molecule has 0 bridgehead atoms. The molecule has 8 nitrogen and oxygen atoms in total. The smallest absolute Gasteiger partial charge is 0.407 e. The van der Waals surface area contributed by atoms with Crippen LogP contribution in [0.3, 0.4) is 0 Å². The lowest BCUT2D eigenvalue weighted by Crippen LogP contribution is -2.37. The molecule has 1 amide bonds. The van der Waals surface area contributed by atoms with Crippen molar-refractivity contribution in [3.05, 3.63) is 59.7 Å². The number of aliphatic imine (C=N–C) groups is 1. The summed E-state index contributed by atoms with van der Waals surface area (Å²) in [5.41, 5.74) is 15.1. The van der Waals surface area contributed by atoms with Gasteiger partial charge in [0.05, 0.1) is 6.42 Å². The van der Waals surface area contributed by atoms with Gasteiger partial charge in [-0.1, -0.05) is 48.5 Å². The largest absolute Gasteiger partial charge is 0.481 e. The fraction of sp³-hybridized carbons (Fsp3) is 0.318. The molecule has 30 heavy (non-hydrogen) atoms. The van der Waals surface area contributed by atoms with Crippen molar-refractivity contribution >= 4 is 18.0 Å². The first-order valence-electron chi connectivity index (χ1n) is 9.84. The summed E-state index contributed by atoms with van der Waals surface area (Å²) in [6.07, 6.45) is 0.128. The Morgan fingerprint density at radius 2 is 1.67 bits per heavy atom. The maximum Gasteiger partial charge on any atom is 0.407 e. The van der Waals surface area contributed by atoms with Crippen LogP contribution in [0.4, 0.5) is 4.79 Å². The van der Waals surface area contributed by atoms with E-state index in [1.807, 2.05) is 36.4 Å². The van der Waals surface area contributed by atoms with Gasteiger partial charge < -0.3 is 26.6 Å². The van der Waals surface area contributed by atoms with Crippen LogP contribution < -0.4 is 16.8 Å². The highest BCUT2D eigenvalue weighted by Gasteiger charge is 2.29. The molecule has 0 aliphatic heterocycles. The van der Waals surface area contributed by atoms with Crippen molar-refractivity contribution in [1.29, 1.82) is 0 Å². The standard InChI is InChI=1S/C22H26N4O4/c23-21(24)25-11-5-6-14(12-20(27)28)26-22(29)30-13-19-17-9-3-1-7-15(17)16-8-2-4-10-18(16)19/h1-4,7-10,14,19H,5-6,11-13H2,(H,26,29)(H,27,28)(H4,23,24,25)/t14-/m0/s1. The topological polar surface area (TPSA) is 140 Å². The van der Waals surface area contributed by atoms with Crippen LogP contribution in [0.25, 0.3) is 11.1 Å². The number of fused-ring (bicyclic) bond motifs is 3. The molecule has 2 aromatic carbocycles. The van der Waals surface area contributed by atoms with Gasteiger partial charge in [-0.3, -0.25) is 9.79 Å². The highest BCUT2D eigenvalue weighted by molar-refractivity contribution is 5.79. The summed E-state index contributed by atoms with van der Waals surface area (Å²) in [4.78, 5) is 27.3. The van der Waals surface area contributed by atoms with Crippen LogP contribution in [0.2, 0.25) is 0 Å². The van der Waals surface area contributed by atoms with Crippen molar-refractivity contribution in [2.75, 3.05) is 13.2 Å². The second kappa shape index (κ2) is 9.78. The molecule has 1 aliphatic rings. The van der Waals surface area contributed by atoms with Crippen LogP contribution in [0.1, 0.15) is 36.3 Å². The van der Waals surface area contributed by atoms with Crippen LogP contribution in [-0.2, 0) is 9.53 Å². The minimum atomic E-state index is -0.999. The second-order valence-corrected chi connectivity index (χ2v) is 7.21. The summed E-state index contributed by atoms with van der Waals surface area (Å²) >= 11 is 0.